The van der Waals surface area contributed by atoms with Crippen LogP contribution in [0.4, 0.5) is 0 Å². The molecule has 124 valence electrons. The third-order valence-corrected chi connectivity index (χ3v) is 5.47. The largest absolute Gasteiger partial charge is 0.256 e. The molecule has 0 saturated heterocycles. The molecule has 0 atom stereocenters. The van der Waals surface area contributed by atoms with Crippen LogP contribution in [-0.4, -0.2) is 4.98 Å². The number of pyridine rings is 1. The first-order chi connectivity index (χ1) is 12.1. The predicted molar refractivity (Wildman–Crippen MR) is 108 cm³/mol. The highest BCUT2D eigenvalue weighted by atomic mass is 14.7. The zero-order chi connectivity index (χ0) is 17.4. The number of hydrogen-bond donors (Lipinski definition) is 0. The molecule has 0 fully saturated rings. The normalized spacial score (nSPS) is 12.0. The lowest BCUT2D eigenvalue weighted by Gasteiger charge is -2.23. The Morgan fingerprint density at radius 2 is 1.52 bits per heavy atom. The first-order valence-electron chi connectivity index (χ1n) is 8.97. The fraction of sp³-hybridized carbons (Fsp3) is 0.208. The molecular formula is C24H23N. The monoisotopic (exact) mass is 325 g/mol. The van der Waals surface area contributed by atoms with Crippen LogP contribution in [0.2, 0.25) is 0 Å². The van der Waals surface area contributed by atoms with Crippen LogP contribution in [0.15, 0.2) is 72.9 Å². The minimum Gasteiger partial charge on any atom is -0.256 e. The second kappa shape index (κ2) is 6.00. The van der Waals surface area contributed by atoms with E-state index >= 15 is 0 Å². The fourth-order valence-electron chi connectivity index (χ4n) is 3.37. The Morgan fingerprint density at radius 1 is 0.800 bits per heavy atom. The topological polar surface area (TPSA) is 12.9 Å². The highest BCUT2D eigenvalue weighted by Crippen LogP contribution is 2.32. The quantitative estimate of drug-likeness (QED) is 0.380. The van der Waals surface area contributed by atoms with Crippen LogP contribution in [0.25, 0.3) is 32.8 Å². The summed E-state index contributed by atoms with van der Waals surface area (Å²) in [6, 6.07) is 24.0. The van der Waals surface area contributed by atoms with Crippen molar-refractivity contribution in [2.45, 2.75) is 32.6 Å². The molecule has 0 bridgehead atoms. The summed E-state index contributed by atoms with van der Waals surface area (Å²) in [5.41, 5.74) is 3.74. The molecule has 0 aliphatic carbocycles. The molecule has 0 radical (unpaired) electrons. The van der Waals surface area contributed by atoms with Gasteiger partial charge in [-0.2, -0.15) is 0 Å². The van der Waals surface area contributed by atoms with Crippen LogP contribution in [0.5, 0.6) is 0 Å². The zero-order valence-electron chi connectivity index (χ0n) is 15.1. The summed E-state index contributed by atoms with van der Waals surface area (Å²) >= 11 is 0. The smallest absolute Gasteiger partial charge is 0.0705 e. The lowest BCUT2D eigenvalue weighted by molar-refractivity contribution is 0.506. The molecule has 1 nitrogen and oxygen atoms in total. The van der Waals surface area contributed by atoms with E-state index in [4.69, 9.17) is 0 Å². The maximum Gasteiger partial charge on any atom is 0.0705 e. The molecule has 1 heteroatoms. The van der Waals surface area contributed by atoms with Crippen molar-refractivity contribution in [1.82, 2.24) is 4.98 Å². The van der Waals surface area contributed by atoms with Crippen LogP contribution in [-0.2, 0) is 5.41 Å². The molecule has 0 amide bonds. The molecule has 4 aromatic rings. The van der Waals surface area contributed by atoms with Crippen LogP contribution >= 0.6 is 0 Å². The van der Waals surface area contributed by atoms with Crippen molar-refractivity contribution >= 4 is 21.5 Å². The van der Waals surface area contributed by atoms with E-state index in [0.717, 1.165) is 12.1 Å². The van der Waals surface area contributed by atoms with E-state index in [-0.39, 0.29) is 5.41 Å². The lowest BCUT2D eigenvalue weighted by atomic mass is 9.82. The Kier molecular flexibility index (Phi) is 3.80. The highest BCUT2D eigenvalue weighted by molar-refractivity contribution is 6.08. The molecule has 0 aliphatic rings. The molecule has 25 heavy (non-hydrogen) atoms. The van der Waals surface area contributed by atoms with Gasteiger partial charge in [-0.3, -0.25) is 4.98 Å². The molecule has 0 aliphatic heterocycles. The molecule has 4 rings (SSSR count). The van der Waals surface area contributed by atoms with Crippen LogP contribution in [0, 0.1) is 0 Å². The molecule has 0 N–H and O–H groups in total. The second-order valence-corrected chi connectivity index (χ2v) is 7.39. The Morgan fingerprint density at radius 3 is 2.32 bits per heavy atom. The van der Waals surface area contributed by atoms with Crippen molar-refractivity contribution in [3.63, 3.8) is 0 Å². The van der Waals surface area contributed by atoms with Gasteiger partial charge in [0.15, 0.2) is 0 Å². The van der Waals surface area contributed by atoms with Gasteiger partial charge in [-0.05, 0) is 57.1 Å². The van der Waals surface area contributed by atoms with Crippen LogP contribution in [0.1, 0.15) is 32.8 Å². The van der Waals surface area contributed by atoms with E-state index in [9.17, 15) is 0 Å². The maximum atomic E-state index is 4.64. The molecule has 0 saturated carbocycles. The summed E-state index contributed by atoms with van der Waals surface area (Å²) in [6.07, 6.45) is 3.05. The van der Waals surface area contributed by atoms with Crippen molar-refractivity contribution < 1.29 is 0 Å². The average molecular weight is 325 g/mol. The first kappa shape index (κ1) is 15.8. The fourth-order valence-corrected chi connectivity index (χ4v) is 3.37. The molecule has 0 unspecified atom stereocenters. The summed E-state index contributed by atoms with van der Waals surface area (Å²) in [7, 11) is 0. The van der Waals surface area contributed by atoms with E-state index in [2.05, 4.69) is 92.5 Å². The number of aromatic nitrogens is 1. The minimum absolute atomic E-state index is 0.168. The van der Waals surface area contributed by atoms with E-state index in [1.54, 1.807) is 0 Å². The van der Waals surface area contributed by atoms with Gasteiger partial charge in [-0.15, -0.1) is 0 Å². The van der Waals surface area contributed by atoms with Crippen LogP contribution < -0.4 is 0 Å². The number of fused-ring (bicyclic) bond motifs is 3. The maximum absolute atomic E-state index is 4.64. The number of benzene rings is 3. The lowest BCUT2D eigenvalue weighted by Crippen LogP contribution is -2.15. The summed E-state index contributed by atoms with van der Waals surface area (Å²) in [5.74, 6) is 0. The van der Waals surface area contributed by atoms with E-state index < -0.39 is 0 Å². The van der Waals surface area contributed by atoms with Crippen LogP contribution in [0.3, 0.4) is 0 Å². The Labute approximate surface area is 149 Å². The minimum atomic E-state index is 0.168. The van der Waals surface area contributed by atoms with Gasteiger partial charge in [-0.25, -0.2) is 0 Å². The Bertz CT molecular complexity index is 1060. The van der Waals surface area contributed by atoms with E-state index in [1.807, 2.05) is 6.20 Å². The number of hydrogen-bond acceptors (Lipinski definition) is 1. The third kappa shape index (κ3) is 2.80. The van der Waals surface area contributed by atoms with Crippen molar-refractivity contribution in [2.24, 2.45) is 0 Å². The van der Waals surface area contributed by atoms with Crippen molar-refractivity contribution in [1.29, 1.82) is 0 Å². The van der Waals surface area contributed by atoms with Gasteiger partial charge in [0, 0.05) is 11.8 Å². The third-order valence-electron chi connectivity index (χ3n) is 5.47. The van der Waals surface area contributed by atoms with Gasteiger partial charge in [0.25, 0.3) is 0 Å². The van der Waals surface area contributed by atoms with Crippen molar-refractivity contribution in [2.75, 3.05) is 0 Å². The van der Waals surface area contributed by atoms with Crippen molar-refractivity contribution in [3.8, 4) is 11.3 Å². The molecule has 0 spiro atoms. The number of rotatable bonds is 3. The van der Waals surface area contributed by atoms with E-state index in [0.29, 0.717) is 0 Å². The summed E-state index contributed by atoms with van der Waals surface area (Å²) < 4.78 is 0. The molecular weight excluding hydrogens is 302 g/mol. The van der Waals surface area contributed by atoms with Gasteiger partial charge >= 0.3 is 0 Å². The summed E-state index contributed by atoms with van der Waals surface area (Å²) in [5, 5.41) is 5.14. The number of nitrogens with zero attached hydrogens (tertiary/aromatic N) is 1. The van der Waals surface area contributed by atoms with Gasteiger partial charge < -0.3 is 0 Å². The first-order valence-corrected chi connectivity index (χ1v) is 8.97. The SMILES string of the molecule is CCC(C)(C)c1ccnc(-c2ccc3ccc4ccccc4c3c2)c1. The molecule has 1 aromatic heterocycles. The second-order valence-electron chi connectivity index (χ2n) is 7.39. The van der Waals surface area contributed by atoms with Gasteiger partial charge in [-0.1, -0.05) is 69.3 Å². The van der Waals surface area contributed by atoms with E-state index in [1.165, 1.54) is 32.7 Å². The Balaban J connectivity index is 1.90. The van der Waals surface area contributed by atoms with Crippen molar-refractivity contribution in [3.05, 3.63) is 78.5 Å². The average Bonchev–Trinajstić information content (AvgIpc) is 2.67. The summed E-state index contributed by atoms with van der Waals surface area (Å²) in [4.78, 5) is 4.64. The molecule has 1 heterocycles. The molecule has 3 aromatic carbocycles. The van der Waals surface area contributed by atoms with Gasteiger partial charge in [0.05, 0.1) is 5.69 Å². The van der Waals surface area contributed by atoms with Gasteiger partial charge in [0.1, 0.15) is 0 Å². The highest BCUT2D eigenvalue weighted by Gasteiger charge is 2.18. The van der Waals surface area contributed by atoms with Gasteiger partial charge in [0.2, 0.25) is 0 Å². The predicted octanol–water partition coefficient (Wildman–Crippen LogP) is 6.74. The zero-order valence-corrected chi connectivity index (χ0v) is 15.1. The summed E-state index contributed by atoms with van der Waals surface area (Å²) in [6.45, 7) is 6.82. The Hall–Kier alpha value is -2.67. The standard InChI is InChI=1S/C24H23N/c1-4-24(2,3)20-13-14-25-23(16-20)19-12-11-18-10-9-17-7-5-6-8-21(17)22(18)15-19/h5-16H,4H2,1-3H3.